The van der Waals surface area contributed by atoms with Gasteiger partial charge in [0.25, 0.3) is 0 Å². The van der Waals surface area contributed by atoms with E-state index in [9.17, 15) is 9.59 Å². The maximum atomic E-state index is 12.2. The van der Waals surface area contributed by atoms with E-state index in [-0.39, 0.29) is 36.4 Å². The van der Waals surface area contributed by atoms with E-state index >= 15 is 0 Å². The van der Waals surface area contributed by atoms with E-state index in [0.29, 0.717) is 5.92 Å². The van der Waals surface area contributed by atoms with Gasteiger partial charge in [-0.1, -0.05) is 13.8 Å². The van der Waals surface area contributed by atoms with E-state index in [0.717, 1.165) is 25.7 Å². The van der Waals surface area contributed by atoms with Gasteiger partial charge < -0.3 is 19.0 Å². The van der Waals surface area contributed by atoms with Crippen LogP contribution in [0.5, 0.6) is 0 Å². The third kappa shape index (κ3) is 3.12. The molecule has 0 amide bonds. The minimum Gasteiger partial charge on any atom is -0.435 e. The number of hydrogen-bond donors (Lipinski definition) is 0. The molecule has 1 saturated carbocycles. The fraction of sp³-hybridized carbons (Fsp3) is 0.900. The van der Waals surface area contributed by atoms with E-state index < -0.39 is 29.9 Å². The molecule has 0 aromatic rings. The van der Waals surface area contributed by atoms with Crippen LogP contribution in [0.4, 0.5) is 0 Å². The maximum Gasteiger partial charge on any atom is 0.308 e. The number of carbonyl (C=O) groups excluding carboxylic acids is 2. The van der Waals surface area contributed by atoms with Crippen LogP contribution in [0.3, 0.4) is 0 Å². The first-order chi connectivity index (χ1) is 12.7. The van der Waals surface area contributed by atoms with E-state index in [1.807, 2.05) is 13.8 Å². The van der Waals surface area contributed by atoms with Crippen LogP contribution in [-0.2, 0) is 33.6 Å². The molecule has 7 heteroatoms. The zero-order chi connectivity index (χ0) is 19.4. The predicted molar refractivity (Wildman–Crippen MR) is 92.8 cm³/mol. The number of ketones is 1. The largest absolute Gasteiger partial charge is 0.435 e. The topological polar surface area (TPSA) is 80.3 Å². The molecule has 0 radical (unpaired) electrons. The van der Waals surface area contributed by atoms with Crippen molar-refractivity contribution in [1.29, 1.82) is 0 Å². The average molecular weight is 382 g/mol. The Morgan fingerprint density at radius 2 is 1.85 bits per heavy atom. The Morgan fingerprint density at radius 1 is 1.07 bits per heavy atom. The molecule has 0 aromatic carbocycles. The molecule has 0 unspecified atom stereocenters. The quantitative estimate of drug-likeness (QED) is 0.546. The average Bonchev–Trinajstić information content (AvgIpc) is 2.84. The highest BCUT2D eigenvalue weighted by molar-refractivity contribution is 5.81. The SMILES string of the molecule is CC(=O)CCC(=O)O[C@@H]1O[C@H]2O[C@]3(C)CC[C@@H]4[C@@H](C)CC[C@H]([C@@H]1C)[C@]24OO3. The molecule has 4 saturated heterocycles. The zero-order valence-electron chi connectivity index (χ0n) is 16.6. The Hall–Kier alpha value is -1.02. The van der Waals surface area contributed by atoms with Crippen molar-refractivity contribution >= 4 is 11.8 Å². The predicted octanol–water partition coefficient (Wildman–Crippen LogP) is 3.11. The van der Waals surface area contributed by atoms with Crippen molar-refractivity contribution in [2.24, 2.45) is 23.7 Å². The minimum atomic E-state index is -0.846. The third-order valence-corrected chi connectivity index (χ3v) is 7.03. The second kappa shape index (κ2) is 6.79. The highest BCUT2D eigenvalue weighted by Gasteiger charge is 2.69. The Bertz CT molecular complexity index is 621. The first kappa shape index (κ1) is 19.3. The molecule has 5 aliphatic rings. The summed E-state index contributed by atoms with van der Waals surface area (Å²) in [5.41, 5.74) is -0.657. The van der Waals surface area contributed by atoms with E-state index in [1.165, 1.54) is 6.92 Å². The van der Waals surface area contributed by atoms with Gasteiger partial charge in [0, 0.05) is 24.7 Å². The highest BCUT2D eigenvalue weighted by Crippen LogP contribution is 2.60. The van der Waals surface area contributed by atoms with Gasteiger partial charge in [0.1, 0.15) is 5.78 Å². The lowest BCUT2D eigenvalue weighted by Crippen LogP contribution is -2.70. The molecule has 1 aliphatic carbocycles. The summed E-state index contributed by atoms with van der Waals surface area (Å²) >= 11 is 0. The molecule has 27 heavy (non-hydrogen) atoms. The van der Waals surface area contributed by atoms with Crippen LogP contribution in [0, 0.1) is 23.7 Å². The Balaban J connectivity index is 1.58. The van der Waals surface area contributed by atoms with E-state index in [1.54, 1.807) is 0 Å². The molecule has 5 fully saturated rings. The van der Waals surface area contributed by atoms with Crippen molar-refractivity contribution in [3.63, 3.8) is 0 Å². The van der Waals surface area contributed by atoms with Crippen molar-refractivity contribution in [3.05, 3.63) is 0 Å². The molecule has 4 aliphatic heterocycles. The molecule has 0 N–H and O–H groups in total. The molecule has 4 heterocycles. The lowest BCUT2D eigenvalue weighted by atomic mass is 9.58. The number of Topliss-reactive ketones (excluding diaryl/α,β-unsaturated/α-hetero) is 1. The monoisotopic (exact) mass is 382 g/mol. The van der Waals surface area contributed by atoms with E-state index in [2.05, 4.69) is 6.92 Å². The van der Waals surface area contributed by atoms with Crippen molar-refractivity contribution in [1.82, 2.24) is 0 Å². The van der Waals surface area contributed by atoms with Gasteiger partial charge in [-0.25, -0.2) is 9.78 Å². The van der Waals surface area contributed by atoms with Crippen molar-refractivity contribution in [3.8, 4) is 0 Å². The van der Waals surface area contributed by atoms with Crippen molar-refractivity contribution < 1.29 is 33.6 Å². The molecule has 8 atom stereocenters. The number of rotatable bonds is 4. The molecular weight excluding hydrogens is 352 g/mol. The van der Waals surface area contributed by atoms with Crippen LogP contribution in [0.25, 0.3) is 0 Å². The summed E-state index contributed by atoms with van der Waals surface area (Å²) in [6.07, 6.45) is 2.67. The summed E-state index contributed by atoms with van der Waals surface area (Å²) < 4.78 is 18.0. The third-order valence-electron chi connectivity index (χ3n) is 7.03. The van der Waals surface area contributed by atoms with Gasteiger partial charge in [0.05, 0.1) is 6.42 Å². The van der Waals surface area contributed by atoms with Crippen molar-refractivity contribution in [2.45, 2.75) is 90.2 Å². The molecule has 2 bridgehead atoms. The van der Waals surface area contributed by atoms with E-state index in [4.69, 9.17) is 24.0 Å². The zero-order valence-corrected chi connectivity index (χ0v) is 16.6. The normalized spacial score (nSPS) is 48.4. The summed E-state index contributed by atoms with van der Waals surface area (Å²) in [4.78, 5) is 35.1. The number of fused-ring (bicyclic) bond motifs is 2. The van der Waals surface area contributed by atoms with Gasteiger partial charge in [-0.3, -0.25) is 4.79 Å². The standard InChI is InChI=1S/C20H30O7/c1-11-5-7-15-13(3)17(23-16(22)8-6-12(2)21)24-18-20(15)14(11)9-10-19(4,25-18)26-27-20/h11,13-15,17-18H,5-10H2,1-4H3/t11-,13-,14+,15+,17+,18-,19-,20-/m0/s1. The number of ether oxygens (including phenoxy) is 3. The summed E-state index contributed by atoms with van der Waals surface area (Å²) in [7, 11) is 0. The lowest BCUT2D eigenvalue weighted by Gasteiger charge is -2.59. The van der Waals surface area contributed by atoms with Crippen LogP contribution in [0.2, 0.25) is 0 Å². The van der Waals surface area contributed by atoms with Crippen LogP contribution in [0.15, 0.2) is 0 Å². The Labute approximate surface area is 159 Å². The van der Waals surface area contributed by atoms with Gasteiger partial charge in [-0.05, 0) is 44.9 Å². The first-order valence-electron chi connectivity index (χ1n) is 10.1. The number of hydrogen-bond acceptors (Lipinski definition) is 7. The smallest absolute Gasteiger partial charge is 0.308 e. The van der Waals surface area contributed by atoms with Crippen LogP contribution >= 0.6 is 0 Å². The molecule has 5 rings (SSSR count). The summed E-state index contributed by atoms with van der Waals surface area (Å²) in [6, 6.07) is 0. The second-order valence-corrected chi connectivity index (χ2v) is 8.97. The fourth-order valence-electron chi connectivity index (χ4n) is 5.47. The summed E-state index contributed by atoms with van der Waals surface area (Å²) in [5, 5.41) is 0. The highest BCUT2D eigenvalue weighted by atomic mass is 17.3. The van der Waals surface area contributed by atoms with Gasteiger partial charge in [0.2, 0.25) is 12.1 Å². The Morgan fingerprint density at radius 3 is 2.59 bits per heavy atom. The summed E-state index contributed by atoms with van der Waals surface area (Å²) in [6.45, 7) is 7.63. The lowest BCUT2D eigenvalue weighted by molar-refractivity contribution is -0.576. The first-order valence-corrected chi connectivity index (χ1v) is 10.1. The minimum absolute atomic E-state index is 0.0319. The van der Waals surface area contributed by atoms with Crippen molar-refractivity contribution in [2.75, 3.05) is 0 Å². The fourth-order valence-corrected chi connectivity index (χ4v) is 5.47. The number of esters is 1. The Kier molecular flexibility index (Phi) is 4.86. The number of carbonyl (C=O) groups is 2. The van der Waals surface area contributed by atoms with Crippen LogP contribution in [-0.4, -0.2) is 35.7 Å². The van der Waals surface area contributed by atoms with Gasteiger partial charge in [0.15, 0.2) is 11.9 Å². The molecule has 0 aromatic heterocycles. The van der Waals surface area contributed by atoms with Gasteiger partial charge in [-0.2, -0.15) is 0 Å². The molecular formula is C20H30O7. The van der Waals surface area contributed by atoms with Gasteiger partial charge >= 0.3 is 5.97 Å². The molecule has 152 valence electrons. The second-order valence-electron chi connectivity index (χ2n) is 8.97. The molecule has 7 nitrogen and oxygen atoms in total. The maximum absolute atomic E-state index is 12.2. The van der Waals surface area contributed by atoms with Crippen LogP contribution in [0.1, 0.15) is 66.2 Å². The summed E-state index contributed by atoms with van der Waals surface area (Å²) in [5.74, 6) is -0.458. The van der Waals surface area contributed by atoms with Gasteiger partial charge in [-0.15, -0.1) is 0 Å². The van der Waals surface area contributed by atoms with Crippen LogP contribution < -0.4 is 0 Å². The molecule has 1 spiro atoms.